The van der Waals surface area contributed by atoms with Gasteiger partial charge < -0.3 is 9.84 Å². The Morgan fingerprint density at radius 3 is 2.65 bits per heavy atom. The first-order valence-corrected chi connectivity index (χ1v) is 8.56. The average molecular weight is 335 g/mol. The van der Waals surface area contributed by atoms with Gasteiger partial charge in [0.1, 0.15) is 11.4 Å². The van der Waals surface area contributed by atoms with Crippen LogP contribution >= 0.6 is 11.8 Å². The number of thioether (sulfide) groups is 1. The first-order chi connectivity index (χ1) is 11.1. The molecular formula is C16H18FN3O2S. The molecule has 1 fully saturated rings. The average Bonchev–Trinajstić information content (AvgIpc) is 3.17. The summed E-state index contributed by atoms with van der Waals surface area (Å²) in [5, 5.41) is 7.09. The quantitative estimate of drug-likeness (QED) is 0.850. The minimum atomic E-state index is -0.516. The van der Waals surface area contributed by atoms with Crippen LogP contribution in [0.25, 0.3) is 0 Å². The lowest BCUT2D eigenvalue weighted by molar-refractivity contribution is -0.120. The molecule has 1 N–H and O–H groups in total. The molecule has 0 atom stereocenters. The number of nitrogens with zero attached hydrogens (tertiary/aromatic N) is 2. The monoisotopic (exact) mass is 335 g/mol. The fraction of sp³-hybridized carbons (Fsp3) is 0.438. The second-order valence-corrected chi connectivity index (χ2v) is 6.77. The third-order valence-electron chi connectivity index (χ3n) is 3.97. The summed E-state index contributed by atoms with van der Waals surface area (Å²) in [5.74, 6) is 0.971. The predicted octanol–water partition coefficient (Wildman–Crippen LogP) is 3.19. The van der Waals surface area contributed by atoms with Crippen LogP contribution in [-0.4, -0.2) is 21.8 Å². The zero-order valence-electron chi connectivity index (χ0n) is 12.8. The van der Waals surface area contributed by atoms with E-state index in [1.165, 1.54) is 23.9 Å². The van der Waals surface area contributed by atoms with Crippen molar-refractivity contribution in [3.05, 3.63) is 41.8 Å². The highest BCUT2D eigenvalue weighted by atomic mass is 32.2. The second-order valence-electron chi connectivity index (χ2n) is 5.72. The molecule has 122 valence electrons. The summed E-state index contributed by atoms with van der Waals surface area (Å²) in [6.07, 6.45) is 3.69. The number of hydrogen-bond donors (Lipinski definition) is 1. The number of carbonyl (C=O) groups excluding carboxylic acids is 1. The molecular weight excluding hydrogens is 317 g/mol. The van der Waals surface area contributed by atoms with Gasteiger partial charge in [-0.3, -0.25) is 4.79 Å². The minimum Gasteiger partial charge on any atom is -0.342 e. The number of nitrogens with one attached hydrogen (secondary N) is 1. The van der Waals surface area contributed by atoms with E-state index >= 15 is 0 Å². The van der Waals surface area contributed by atoms with Crippen LogP contribution in [-0.2, 0) is 10.3 Å². The van der Waals surface area contributed by atoms with Gasteiger partial charge >= 0.3 is 0 Å². The van der Waals surface area contributed by atoms with Gasteiger partial charge in [0.25, 0.3) is 0 Å². The molecule has 1 aromatic carbocycles. The summed E-state index contributed by atoms with van der Waals surface area (Å²) >= 11 is 1.38. The highest BCUT2D eigenvalue weighted by molar-refractivity contribution is 8.00. The van der Waals surface area contributed by atoms with Crippen LogP contribution in [0.4, 0.5) is 4.39 Å². The van der Waals surface area contributed by atoms with Crippen LogP contribution in [0.5, 0.6) is 0 Å². The summed E-state index contributed by atoms with van der Waals surface area (Å²) in [5.41, 5.74) is -0.516. The molecule has 1 aliphatic rings. The Bertz CT molecular complexity index is 681. The van der Waals surface area contributed by atoms with Gasteiger partial charge in [0, 0.05) is 11.8 Å². The number of halogens is 1. The summed E-state index contributed by atoms with van der Waals surface area (Å²) in [6, 6.07) is 6.11. The van der Waals surface area contributed by atoms with Crippen molar-refractivity contribution >= 4 is 17.7 Å². The molecule has 0 radical (unpaired) electrons. The van der Waals surface area contributed by atoms with E-state index in [4.69, 9.17) is 4.52 Å². The van der Waals surface area contributed by atoms with E-state index in [0.29, 0.717) is 11.7 Å². The minimum absolute atomic E-state index is 0.0799. The predicted molar refractivity (Wildman–Crippen MR) is 84.4 cm³/mol. The zero-order chi connectivity index (χ0) is 16.3. The van der Waals surface area contributed by atoms with Gasteiger partial charge in [-0.25, -0.2) is 4.39 Å². The summed E-state index contributed by atoms with van der Waals surface area (Å²) in [7, 11) is 0. The second kappa shape index (κ2) is 6.70. The van der Waals surface area contributed by atoms with Crippen molar-refractivity contribution < 1.29 is 13.7 Å². The van der Waals surface area contributed by atoms with E-state index in [0.717, 1.165) is 30.6 Å². The van der Waals surface area contributed by atoms with Gasteiger partial charge in [0.2, 0.25) is 11.8 Å². The Morgan fingerprint density at radius 2 is 2.04 bits per heavy atom. The SMILES string of the molecule is Cc1nc(C2(NC(=O)CSc3ccc(F)cc3)CCCC2)no1. The molecule has 0 bridgehead atoms. The van der Waals surface area contributed by atoms with Gasteiger partial charge in [-0.2, -0.15) is 4.98 Å². The number of aryl methyl sites for hydroxylation is 1. The van der Waals surface area contributed by atoms with Crippen LogP contribution in [0, 0.1) is 12.7 Å². The van der Waals surface area contributed by atoms with Gasteiger partial charge in [-0.15, -0.1) is 11.8 Å². The molecule has 23 heavy (non-hydrogen) atoms. The summed E-state index contributed by atoms with van der Waals surface area (Å²) < 4.78 is 18.0. The zero-order valence-corrected chi connectivity index (χ0v) is 13.7. The van der Waals surface area contributed by atoms with Crippen molar-refractivity contribution in [3.63, 3.8) is 0 Å². The highest BCUT2D eigenvalue weighted by Crippen LogP contribution is 2.37. The maximum absolute atomic E-state index is 12.9. The van der Waals surface area contributed by atoms with Crippen molar-refractivity contribution in [3.8, 4) is 0 Å². The van der Waals surface area contributed by atoms with E-state index in [9.17, 15) is 9.18 Å². The smallest absolute Gasteiger partial charge is 0.231 e. The van der Waals surface area contributed by atoms with Gasteiger partial charge in [-0.05, 0) is 37.1 Å². The number of amides is 1. The Balaban J connectivity index is 1.64. The Morgan fingerprint density at radius 1 is 1.35 bits per heavy atom. The van der Waals surface area contributed by atoms with Crippen LogP contribution in [0.1, 0.15) is 37.4 Å². The van der Waals surface area contributed by atoms with Gasteiger partial charge in [-0.1, -0.05) is 18.0 Å². The van der Waals surface area contributed by atoms with E-state index in [1.54, 1.807) is 19.1 Å². The molecule has 0 unspecified atom stereocenters. The Kier molecular flexibility index (Phi) is 4.66. The highest BCUT2D eigenvalue weighted by Gasteiger charge is 2.41. The lowest BCUT2D eigenvalue weighted by Crippen LogP contribution is -2.45. The van der Waals surface area contributed by atoms with Crippen LogP contribution in [0.2, 0.25) is 0 Å². The van der Waals surface area contributed by atoms with E-state index in [2.05, 4.69) is 15.5 Å². The number of rotatable bonds is 5. The van der Waals surface area contributed by atoms with Crippen LogP contribution in [0.15, 0.2) is 33.7 Å². The fourth-order valence-corrected chi connectivity index (χ4v) is 3.56. The summed E-state index contributed by atoms with van der Waals surface area (Å²) in [6.45, 7) is 1.74. The van der Waals surface area contributed by atoms with Crippen LogP contribution in [0.3, 0.4) is 0 Å². The van der Waals surface area contributed by atoms with E-state index in [-0.39, 0.29) is 17.5 Å². The fourth-order valence-electron chi connectivity index (χ4n) is 2.86. The molecule has 0 aliphatic heterocycles. The molecule has 1 aliphatic carbocycles. The van der Waals surface area contributed by atoms with Gasteiger partial charge in [0.05, 0.1) is 5.75 Å². The van der Waals surface area contributed by atoms with Crippen LogP contribution < -0.4 is 5.32 Å². The topological polar surface area (TPSA) is 68.0 Å². The molecule has 1 aromatic heterocycles. The summed E-state index contributed by atoms with van der Waals surface area (Å²) in [4.78, 5) is 17.5. The Hall–Kier alpha value is -1.89. The lowest BCUT2D eigenvalue weighted by Gasteiger charge is -2.26. The molecule has 1 saturated carbocycles. The Labute approximate surface area is 138 Å². The lowest BCUT2D eigenvalue weighted by atomic mass is 9.96. The molecule has 1 heterocycles. The van der Waals surface area contributed by atoms with Gasteiger partial charge in [0.15, 0.2) is 5.82 Å². The first kappa shape index (κ1) is 16.0. The number of carbonyl (C=O) groups is 1. The molecule has 5 nitrogen and oxygen atoms in total. The standard InChI is InChI=1S/C16H18FN3O2S/c1-11-18-15(20-22-11)16(8-2-3-9-16)19-14(21)10-23-13-6-4-12(17)5-7-13/h4-7H,2-3,8-10H2,1H3,(H,19,21). The molecule has 1 amide bonds. The molecule has 7 heteroatoms. The van der Waals surface area contributed by atoms with Crippen molar-refractivity contribution in [2.75, 3.05) is 5.75 Å². The van der Waals surface area contributed by atoms with Crippen molar-refractivity contribution in [2.24, 2.45) is 0 Å². The molecule has 3 rings (SSSR count). The number of benzene rings is 1. The van der Waals surface area contributed by atoms with Crippen molar-refractivity contribution in [1.82, 2.24) is 15.5 Å². The number of hydrogen-bond acceptors (Lipinski definition) is 5. The maximum Gasteiger partial charge on any atom is 0.231 e. The molecule has 0 saturated heterocycles. The normalized spacial score (nSPS) is 16.4. The van der Waals surface area contributed by atoms with E-state index in [1.807, 2.05) is 0 Å². The number of aromatic nitrogens is 2. The third-order valence-corrected chi connectivity index (χ3v) is 4.99. The van der Waals surface area contributed by atoms with E-state index < -0.39 is 5.54 Å². The molecule has 0 spiro atoms. The molecule has 2 aromatic rings. The maximum atomic E-state index is 12.9. The van der Waals surface area contributed by atoms with Crippen molar-refractivity contribution in [1.29, 1.82) is 0 Å². The largest absolute Gasteiger partial charge is 0.342 e. The first-order valence-electron chi connectivity index (χ1n) is 7.58. The van der Waals surface area contributed by atoms with Crippen molar-refractivity contribution in [2.45, 2.75) is 43.0 Å². The third kappa shape index (κ3) is 3.72.